The van der Waals surface area contributed by atoms with Gasteiger partial charge in [-0.05, 0) is 55.5 Å². The molecule has 0 aliphatic rings. The van der Waals surface area contributed by atoms with Crippen molar-refractivity contribution in [2.75, 3.05) is 17.2 Å². The van der Waals surface area contributed by atoms with Crippen LogP contribution in [0.4, 0.5) is 17.5 Å². The van der Waals surface area contributed by atoms with Crippen LogP contribution in [0.25, 0.3) is 0 Å². The van der Waals surface area contributed by atoms with Crippen molar-refractivity contribution in [3.05, 3.63) is 71.4 Å². The maximum absolute atomic E-state index is 4.48. The molecule has 2 N–H and O–H groups in total. The van der Waals surface area contributed by atoms with Crippen LogP contribution in [0.3, 0.4) is 0 Å². The number of hydrogen-bond acceptors (Lipinski definition) is 5. The highest BCUT2D eigenvalue weighted by Gasteiger charge is 2.02. The second kappa shape index (κ2) is 8.24. The third-order valence-electron chi connectivity index (χ3n) is 3.82. The van der Waals surface area contributed by atoms with E-state index < -0.39 is 0 Å². The van der Waals surface area contributed by atoms with Crippen LogP contribution in [-0.2, 0) is 6.42 Å². The van der Waals surface area contributed by atoms with E-state index in [0.29, 0.717) is 11.8 Å². The molecule has 3 aromatic rings. The molecule has 25 heavy (non-hydrogen) atoms. The molecule has 0 bridgehead atoms. The van der Waals surface area contributed by atoms with Crippen LogP contribution in [0, 0.1) is 13.8 Å². The smallest absolute Gasteiger partial charge is 0.244 e. The summed E-state index contributed by atoms with van der Waals surface area (Å²) in [5.41, 5.74) is 4.77. The monoisotopic (exact) mass is 333 g/mol. The van der Waals surface area contributed by atoms with Gasteiger partial charge in [-0.25, -0.2) is 0 Å². The fourth-order valence-electron chi connectivity index (χ4n) is 2.77. The molecule has 3 rings (SSSR count). The predicted octanol–water partition coefficient (Wildman–Crippen LogP) is 4.28. The SMILES string of the molecule is Cc1cc(C)cc(Nc2cnnc(NCCCc3ccccc3)n2)c1. The highest BCUT2D eigenvalue weighted by atomic mass is 15.3. The zero-order valence-electron chi connectivity index (χ0n) is 14.7. The van der Waals surface area contributed by atoms with Crippen LogP contribution in [-0.4, -0.2) is 21.7 Å². The van der Waals surface area contributed by atoms with E-state index in [2.05, 4.69) is 82.1 Å². The minimum atomic E-state index is 0.544. The normalized spacial score (nSPS) is 10.5. The molecule has 2 aromatic carbocycles. The first kappa shape index (κ1) is 16.9. The summed E-state index contributed by atoms with van der Waals surface area (Å²) in [5.74, 6) is 1.23. The van der Waals surface area contributed by atoms with E-state index in [0.717, 1.165) is 25.1 Å². The van der Waals surface area contributed by atoms with Crippen molar-refractivity contribution in [3.8, 4) is 0 Å². The molecule has 1 heterocycles. The van der Waals surface area contributed by atoms with Gasteiger partial charge in [0.05, 0.1) is 6.20 Å². The summed E-state index contributed by atoms with van der Waals surface area (Å²) in [7, 11) is 0. The lowest BCUT2D eigenvalue weighted by molar-refractivity contribution is 0.843. The number of hydrogen-bond donors (Lipinski definition) is 2. The van der Waals surface area contributed by atoms with Crippen LogP contribution in [0.15, 0.2) is 54.7 Å². The molecule has 1 aromatic heterocycles. The molecule has 0 aliphatic heterocycles. The van der Waals surface area contributed by atoms with Gasteiger partial charge in [0.15, 0.2) is 5.82 Å². The first-order chi connectivity index (χ1) is 12.2. The number of nitrogens with zero attached hydrogens (tertiary/aromatic N) is 3. The van der Waals surface area contributed by atoms with Gasteiger partial charge in [0, 0.05) is 12.2 Å². The Bertz CT molecular complexity index is 797. The summed E-state index contributed by atoms with van der Waals surface area (Å²) in [6.07, 6.45) is 3.68. The van der Waals surface area contributed by atoms with E-state index >= 15 is 0 Å². The Morgan fingerprint density at radius 1 is 0.960 bits per heavy atom. The lowest BCUT2D eigenvalue weighted by Gasteiger charge is -2.09. The average Bonchev–Trinajstić information content (AvgIpc) is 2.59. The number of benzene rings is 2. The first-order valence-corrected chi connectivity index (χ1v) is 8.52. The van der Waals surface area contributed by atoms with Crippen LogP contribution < -0.4 is 10.6 Å². The molecule has 0 unspecified atom stereocenters. The molecule has 0 spiro atoms. The van der Waals surface area contributed by atoms with Gasteiger partial charge in [0.25, 0.3) is 0 Å². The minimum Gasteiger partial charge on any atom is -0.353 e. The number of nitrogens with one attached hydrogen (secondary N) is 2. The summed E-state index contributed by atoms with van der Waals surface area (Å²) in [6, 6.07) is 16.8. The fourth-order valence-corrected chi connectivity index (χ4v) is 2.77. The lowest BCUT2D eigenvalue weighted by Crippen LogP contribution is -2.08. The minimum absolute atomic E-state index is 0.544. The third-order valence-corrected chi connectivity index (χ3v) is 3.82. The standard InChI is InChI=1S/C20H23N5/c1-15-11-16(2)13-18(12-15)23-19-14-22-25-20(24-19)21-10-6-9-17-7-4-3-5-8-17/h3-5,7-8,11-14H,6,9-10H2,1-2H3,(H2,21,23,24,25). The van der Waals surface area contributed by atoms with Crippen molar-refractivity contribution < 1.29 is 0 Å². The van der Waals surface area contributed by atoms with Gasteiger partial charge in [0.2, 0.25) is 5.95 Å². The van der Waals surface area contributed by atoms with Gasteiger partial charge in [-0.2, -0.15) is 10.1 Å². The summed E-state index contributed by atoms with van der Waals surface area (Å²) >= 11 is 0. The van der Waals surface area contributed by atoms with E-state index in [1.54, 1.807) is 6.20 Å². The maximum Gasteiger partial charge on any atom is 0.244 e. The van der Waals surface area contributed by atoms with E-state index in [1.165, 1.54) is 16.7 Å². The molecule has 0 aliphatic carbocycles. The van der Waals surface area contributed by atoms with Crippen molar-refractivity contribution in [1.29, 1.82) is 0 Å². The zero-order valence-corrected chi connectivity index (χ0v) is 14.7. The van der Waals surface area contributed by atoms with Gasteiger partial charge >= 0.3 is 0 Å². The van der Waals surface area contributed by atoms with Gasteiger partial charge in [-0.15, -0.1) is 5.10 Å². The molecular formula is C20H23N5. The van der Waals surface area contributed by atoms with Crippen molar-refractivity contribution in [1.82, 2.24) is 15.2 Å². The Morgan fingerprint density at radius 3 is 2.48 bits per heavy atom. The quantitative estimate of drug-likeness (QED) is 0.632. The molecular weight excluding hydrogens is 310 g/mol. The topological polar surface area (TPSA) is 62.7 Å². The van der Waals surface area contributed by atoms with E-state index in [-0.39, 0.29) is 0 Å². The van der Waals surface area contributed by atoms with Crippen LogP contribution in [0.5, 0.6) is 0 Å². The summed E-state index contributed by atoms with van der Waals surface area (Å²) in [5, 5.41) is 14.6. The molecule has 0 amide bonds. The maximum atomic E-state index is 4.48. The second-order valence-electron chi connectivity index (χ2n) is 6.18. The molecule has 0 saturated carbocycles. The van der Waals surface area contributed by atoms with Crippen molar-refractivity contribution in [3.63, 3.8) is 0 Å². The summed E-state index contributed by atoms with van der Waals surface area (Å²) < 4.78 is 0. The third kappa shape index (κ3) is 5.28. The lowest BCUT2D eigenvalue weighted by atomic mass is 10.1. The highest BCUT2D eigenvalue weighted by molar-refractivity contribution is 5.58. The second-order valence-corrected chi connectivity index (χ2v) is 6.18. The molecule has 0 saturated heterocycles. The number of rotatable bonds is 7. The van der Waals surface area contributed by atoms with Gasteiger partial charge < -0.3 is 10.6 Å². The van der Waals surface area contributed by atoms with Crippen LogP contribution >= 0.6 is 0 Å². The number of anilines is 3. The van der Waals surface area contributed by atoms with E-state index in [9.17, 15) is 0 Å². The van der Waals surface area contributed by atoms with Gasteiger partial charge in [0.1, 0.15) is 0 Å². The fraction of sp³-hybridized carbons (Fsp3) is 0.250. The van der Waals surface area contributed by atoms with Crippen molar-refractivity contribution in [2.45, 2.75) is 26.7 Å². The zero-order chi connectivity index (χ0) is 17.5. The molecule has 0 fully saturated rings. The van der Waals surface area contributed by atoms with Gasteiger partial charge in [-0.3, -0.25) is 0 Å². The molecule has 5 heteroatoms. The Hall–Kier alpha value is -2.95. The summed E-state index contributed by atoms with van der Waals surface area (Å²) in [4.78, 5) is 4.48. The molecule has 128 valence electrons. The van der Waals surface area contributed by atoms with Gasteiger partial charge in [-0.1, -0.05) is 36.4 Å². The number of aryl methyl sites for hydroxylation is 3. The molecule has 0 atom stereocenters. The Morgan fingerprint density at radius 2 is 1.72 bits per heavy atom. The Labute approximate surface area is 148 Å². The summed E-state index contributed by atoms with van der Waals surface area (Å²) in [6.45, 7) is 4.97. The number of aromatic nitrogens is 3. The van der Waals surface area contributed by atoms with E-state index in [1.807, 2.05) is 6.07 Å². The predicted molar refractivity (Wildman–Crippen MR) is 102 cm³/mol. The van der Waals surface area contributed by atoms with Crippen LogP contribution in [0.1, 0.15) is 23.1 Å². The molecule has 0 radical (unpaired) electrons. The van der Waals surface area contributed by atoms with Crippen molar-refractivity contribution >= 4 is 17.5 Å². The van der Waals surface area contributed by atoms with E-state index in [4.69, 9.17) is 0 Å². The largest absolute Gasteiger partial charge is 0.353 e. The highest BCUT2D eigenvalue weighted by Crippen LogP contribution is 2.18. The average molecular weight is 333 g/mol. The van der Waals surface area contributed by atoms with Crippen LogP contribution in [0.2, 0.25) is 0 Å². The Kier molecular flexibility index (Phi) is 5.57. The Balaban J connectivity index is 1.54. The first-order valence-electron chi connectivity index (χ1n) is 8.52. The molecule has 5 nitrogen and oxygen atoms in total. The van der Waals surface area contributed by atoms with Crippen molar-refractivity contribution in [2.24, 2.45) is 0 Å².